The molecule has 2 amide bonds. The Morgan fingerprint density at radius 2 is 1.60 bits per heavy atom. The van der Waals surface area contributed by atoms with Gasteiger partial charge in [0.05, 0.1) is 6.04 Å². The van der Waals surface area contributed by atoms with Gasteiger partial charge in [-0.15, -0.1) is 0 Å². The Balaban J connectivity index is 1.14. The maximum absolute atomic E-state index is 13.7. The highest BCUT2D eigenvalue weighted by Gasteiger charge is 2.54. The van der Waals surface area contributed by atoms with Gasteiger partial charge in [0.15, 0.2) is 0 Å². The van der Waals surface area contributed by atoms with E-state index in [-0.39, 0.29) is 29.1 Å². The number of likely N-dealkylation sites (N-methyl/N-ethyl adjacent to an activating group) is 1. The number of hydrogen-bond donors (Lipinski definition) is 2. The van der Waals surface area contributed by atoms with Crippen LogP contribution in [0.25, 0.3) is 0 Å². The molecule has 4 aliphatic carbocycles. The van der Waals surface area contributed by atoms with Crippen LogP contribution in [0.1, 0.15) is 66.1 Å². The molecule has 2 aromatic carbocycles. The van der Waals surface area contributed by atoms with Crippen molar-refractivity contribution in [2.75, 3.05) is 20.6 Å². The highest BCUT2D eigenvalue weighted by molar-refractivity contribution is 5.94. The van der Waals surface area contributed by atoms with E-state index in [2.05, 4.69) is 10.6 Å². The second-order valence-electron chi connectivity index (χ2n) is 11.3. The molecule has 4 bridgehead atoms. The van der Waals surface area contributed by atoms with E-state index in [1.807, 2.05) is 37.2 Å². The topological polar surface area (TPSA) is 61.4 Å². The normalized spacial score (nSPS) is 27.6. The highest BCUT2D eigenvalue weighted by Crippen LogP contribution is 2.60. The molecule has 4 saturated carbocycles. The molecule has 0 heterocycles. The first-order valence-electron chi connectivity index (χ1n) is 12.9. The molecule has 35 heavy (non-hydrogen) atoms. The summed E-state index contributed by atoms with van der Waals surface area (Å²) in [6.45, 7) is 0.864. The van der Waals surface area contributed by atoms with E-state index >= 15 is 0 Å². The van der Waals surface area contributed by atoms with Crippen LogP contribution in [0.3, 0.4) is 0 Å². The van der Waals surface area contributed by atoms with Crippen molar-refractivity contribution >= 4 is 11.8 Å². The molecule has 1 atom stereocenters. The van der Waals surface area contributed by atoms with Crippen molar-refractivity contribution in [3.05, 3.63) is 71.0 Å². The van der Waals surface area contributed by atoms with Crippen molar-refractivity contribution in [2.45, 2.75) is 51.1 Å². The summed E-state index contributed by atoms with van der Waals surface area (Å²) in [5.41, 5.74) is 2.24. The van der Waals surface area contributed by atoms with Gasteiger partial charge in [0.2, 0.25) is 5.91 Å². The van der Waals surface area contributed by atoms with Crippen molar-refractivity contribution in [1.82, 2.24) is 15.5 Å². The lowest BCUT2D eigenvalue weighted by molar-refractivity contribution is -0.146. The minimum absolute atomic E-state index is 0.131. The second-order valence-corrected chi connectivity index (χ2v) is 11.3. The first kappa shape index (κ1) is 24.0. The van der Waals surface area contributed by atoms with Crippen LogP contribution in [0.15, 0.2) is 48.5 Å². The third-order valence-corrected chi connectivity index (χ3v) is 8.50. The van der Waals surface area contributed by atoms with Crippen LogP contribution in [0.4, 0.5) is 4.39 Å². The second kappa shape index (κ2) is 9.73. The SMILES string of the molecule is CN(C)C(CNC(=O)c1ccc(CNC(=O)C23CC4CC(CC(C4)C2)C3)cc1)c1cccc(F)c1. The Morgan fingerprint density at radius 1 is 0.971 bits per heavy atom. The number of carbonyl (C=O) groups excluding carboxylic acids is 2. The van der Waals surface area contributed by atoms with Gasteiger partial charge in [-0.25, -0.2) is 4.39 Å². The lowest BCUT2D eigenvalue weighted by Crippen LogP contribution is -2.53. The molecule has 6 heteroatoms. The molecule has 6 rings (SSSR count). The molecule has 5 nitrogen and oxygen atoms in total. The summed E-state index contributed by atoms with van der Waals surface area (Å²) in [4.78, 5) is 27.9. The summed E-state index contributed by atoms with van der Waals surface area (Å²) in [5.74, 6) is 2.02. The fraction of sp³-hybridized carbons (Fsp3) is 0.517. The van der Waals surface area contributed by atoms with E-state index in [1.165, 1.54) is 31.4 Å². The van der Waals surface area contributed by atoms with Crippen LogP contribution in [0.5, 0.6) is 0 Å². The van der Waals surface area contributed by atoms with E-state index in [4.69, 9.17) is 0 Å². The number of nitrogens with one attached hydrogen (secondary N) is 2. The van der Waals surface area contributed by atoms with Gasteiger partial charge < -0.3 is 15.5 Å². The quantitative estimate of drug-likeness (QED) is 0.580. The monoisotopic (exact) mass is 477 g/mol. The van der Waals surface area contributed by atoms with Crippen LogP contribution in [0, 0.1) is 29.0 Å². The van der Waals surface area contributed by atoms with Gasteiger partial charge in [-0.3, -0.25) is 9.59 Å². The first-order chi connectivity index (χ1) is 16.8. The molecule has 2 N–H and O–H groups in total. The van der Waals surface area contributed by atoms with Crippen LogP contribution in [-0.4, -0.2) is 37.4 Å². The molecule has 0 aromatic heterocycles. The minimum atomic E-state index is -0.286. The van der Waals surface area contributed by atoms with Gasteiger partial charge in [-0.05, 0) is 106 Å². The van der Waals surface area contributed by atoms with Gasteiger partial charge in [-0.2, -0.15) is 0 Å². The van der Waals surface area contributed by atoms with E-state index < -0.39 is 0 Å². The zero-order valence-electron chi connectivity index (χ0n) is 20.7. The third kappa shape index (κ3) is 5.13. The van der Waals surface area contributed by atoms with Gasteiger partial charge in [-0.1, -0.05) is 24.3 Å². The fourth-order valence-electron chi connectivity index (χ4n) is 7.14. The largest absolute Gasteiger partial charge is 0.352 e. The zero-order chi connectivity index (χ0) is 24.6. The summed E-state index contributed by atoms with van der Waals surface area (Å²) in [7, 11) is 3.82. The third-order valence-electron chi connectivity index (χ3n) is 8.50. The highest BCUT2D eigenvalue weighted by atomic mass is 19.1. The van der Waals surface area contributed by atoms with Crippen LogP contribution in [-0.2, 0) is 11.3 Å². The van der Waals surface area contributed by atoms with Crippen molar-refractivity contribution in [3.63, 3.8) is 0 Å². The Bertz CT molecular complexity index is 1050. The predicted octanol–water partition coefficient (Wildman–Crippen LogP) is 4.69. The summed E-state index contributed by atoms with van der Waals surface area (Å²) in [5, 5.41) is 6.17. The smallest absolute Gasteiger partial charge is 0.251 e. The molecular formula is C29H36FN3O2. The van der Waals surface area contributed by atoms with Gasteiger partial charge >= 0.3 is 0 Å². The Hall–Kier alpha value is -2.73. The average molecular weight is 478 g/mol. The van der Waals surface area contributed by atoms with Crippen molar-refractivity contribution in [2.24, 2.45) is 23.2 Å². The Labute approximate surface area is 207 Å². The summed E-state index contributed by atoms with van der Waals surface area (Å²) < 4.78 is 13.7. The van der Waals surface area contributed by atoms with Gasteiger partial charge in [0.25, 0.3) is 5.91 Å². The lowest BCUT2D eigenvalue weighted by Gasteiger charge is -2.55. The van der Waals surface area contributed by atoms with Crippen molar-refractivity contribution in [1.29, 1.82) is 0 Å². The number of halogens is 1. The molecule has 0 aliphatic heterocycles. The number of benzene rings is 2. The number of carbonyl (C=O) groups is 2. The molecule has 0 spiro atoms. The Kier molecular flexibility index (Phi) is 6.67. The van der Waals surface area contributed by atoms with Crippen LogP contribution >= 0.6 is 0 Å². The maximum Gasteiger partial charge on any atom is 0.251 e. The molecule has 2 aromatic rings. The minimum Gasteiger partial charge on any atom is -0.352 e. The molecular weight excluding hydrogens is 441 g/mol. The Morgan fingerprint density at radius 3 is 2.17 bits per heavy atom. The molecule has 0 radical (unpaired) electrons. The molecule has 4 aliphatic rings. The van der Waals surface area contributed by atoms with Crippen molar-refractivity contribution in [3.8, 4) is 0 Å². The standard InChI is InChI=1S/C29H36FN3O2/c1-33(2)26(24-4-3-5-25(30)13-24)18-31-27(34)23-8-6-19(7-9-23)17-32-28(35)29-14-20-10-21(15-29)12-22(11-20)16-29/h3-9,13,20-22,26H,10-12,14-18H2,1-2H3,(H,31,34)(H,32,35). The van der Waals surface area contributed by atoms with Gasteiger partial charge in [0.1, 0.15) is 5.82 Å². The van der Waals surface area contributed by atoms with E-state index in [0.717, 1.165) is 48.1 Å². The summed E-state index contributed by atoms with van der Waals surface area (Å²) >= 11 is 0. The van der Waals surface area contributed by atoms with Crippen molar-refractivity contribution < 1.29 is 14.0 Å². The predicted molar refractivity (Wildman–Crippen MR) is 134 cm³/mol. The van der Waals surface area contributed by atoms with E-state index in [9.17, 15) is 14.0 Å². The molecule has 1 unspecified atom stereocenters. The van der Waals surface area contributed by atoms with Crippen LogP contribution < -0.4 is 10.6 Å². The maximum atomic E-state index is 13.7. The average Bonchev–Trinajstić information content (AvgIpc) is 2.82. The number of nitrogens with zero attached hydrogens (tertiary/aromatic N) is 1. The van der Waals surface area contributed by atoms with E-state index in [0.29, 0.717) is 18.7 Å². The summed E-state index contributed by atoms with van der Waals surface area (Å²) in [6, 6.07) is 13.8. The molecule has 4 fully saturated rings. The lowest BCUT2D eigenvalue weighted by atomic mass is 9.49. The number of rotatable bonds is 8. The first-order valence-corrected chi connectivity index (χ1v) is 12.9. The number of hydrogen-bond acceptors (Lipinski definition) is 3. The van der Waals surface area contributed by atoms with Crippen LogP contribution in [0.2, 0.25) is 0 Å². The molecule has 0 saturated heterocycles. The van der Waals surface area contributed by atoms with E-state index in [1.54, 1.807) is 18.2 Å². The van der Waals surface area contributed by atoms with Gasteiger partial charge in [0, 0.05) is 24.1 Å². The zero-order valence-corrected chi connectivity index (χ0v) is 20.7. The summed E-state index contributed by atoms with van der Waals surface area (Å²) in [6.07, 6.45) is 7.17. The fourth-order valence-corrected chi connectivity index (χ4v) is 7.14. The number of amides is 2. The molecule has 186 valence electrons.